The third-order valence-corrected chi connectivity index (χ3v) is 4.92. The van der Waals surface area contributed by atoms with E-state index in [1.807, 2.05) is 61.8 Å². The lowest BCUT2D eigenvalue weighted by Gasteiger charge is -2.06. The summed E-state index contributed by atoms with van der Waals surface area (Å²) < 4.78 is 7.95. The number of rotatable bonds is 6. The van der Waals surface area contributed by atoms with E-state index in [9.17, 15) is 0 Å². The lowest BCUT2D eigenvalue weighted by molar-refractivity contribution is 0.465. The number of nitrogens with zero attached hydrogens (tertiary/aromatic N) is 4. The number of hydrogen-bond acceptors (Lipinski definition) is 5. The van der Waals surface area contributed by atoms with Crippen LogP contribution in [0.15, 0.2) is 76.6 Å². The van der Waals surface area contributed by atoms with Gasteiger partial charge in [0.25, 0.3) is 5.22 Å². The molecule has 4 aromatic rings. The molecule has 26 heavy (non-hydrogen) atoms. The Labute approximate surface area is 156 Å². The minimum atomic E-state index is 0.553. The first kappa shape index (κ1) is 16.6. The standard InChI is InChI=1S/C20H18N4OS/c1-15-7-5-6-10-17(15)19-22-23-20(25-19)26-14-18-21-11-12-24(18)13-16-8-3-2-4-9-16/h2-12H,13-14H2,1H3. The summed E-state index contributed by atoms with van der Waals surface area (Å²) in [5, 5.41) is 8.88. The molecule has 0 aliphatic heterocycles. The van der Waals surface area contributed by atoms with Gasteiger partial charge in [-0.2, -0.15) is 0 Å². The fraction of sp³-hybridized carbons (Fsp3) is 0.150. The smallest absolute Gasteiger partial charge is 0.277 e. The van der Waals surface area contributed by atoms with Gasteiger partial charge in [-0.05, 0) is 24.1 Å². The van der Waals surface area contributed by atoms with Crippen molar-refractivity contribution in [1.82, 2.24) is 19.7 Å². The van der Waals surface area contributed by atoms with Crippen LogP contribution in [0.1, 0.15) is 17.0 Å². The van der Waals surface area contributed by atoms with Gasteiger partial charge in [-0.3, -0.25) is 0 Å². The zero-order valence-electron chi connectivity index (χ0n) is 14.4. The lowest BCUT2D eigenvalue weighted by Crippen LogP contribution is -2.03. The van der Waals surface area contributed by atoms with E-state index in [0.717, 1.165) is 23.5 Å². The number of benzene rings is 2. The van der Waals surface area contributed by atoms with Crippen LogP contribution >= 0.6 is 11.8 Å². The Hall–Kier alpha value is -2.86. The molecule has 0 spiro atoms. The normalized spacial score (nSPS) is 11.0. The van der Waals surface area contributed by atoms with Crippen LogP contribution in [0.3, 0.4) is 0 Å². The van der Waals surface area contributed by atoms with E-state index in [1.54, 1.807) is 0 Å². The van der Waals surface area contributed by atoms with Crippen LogP contribution in [0, 0.1) is 6.92 Å². The summed E-state index contributed by atoms with van der Waals surface area (Å²) in [5.74, 6) is 2.21. The first-order chi connectivity index (χ1) is 12.8. The molecule has 0 bridgehead atoms. The fourth-order valence-electron chi connectivity index (χ4n) is 2.72. The van der Waals surface area contributed by atoms with Crippen LogP contribution in [-0.2, 0) is 12.3 Å². The van der Waals surface area contributed by atoms with Gasteiger partial charge in [0.1, 0.15) is 5.82 Å². The number of hydrogen-bond donors (Lipinski definition) is 0. The van der Waals surface area contributed by atoms with Gasteiger partial charge < -0.3 is 8.98 Å². The summed E-state index contributed by atoms with van der Waals surface area (Å²) in [6, 6.07) is 18.3. The topological polar surface area (TPSA) is 56.7 Å². The van der Waals surface area contributed by atoms with Gasteiger partial charge in [-0.1, -0.05) is 60.3 Å². The maximum Gasteiger partial charge on any atom is 0.277 e. The van der Waals surface area contributed by atoms with Gasteiger partial charge in [0.15, 0.2) is 0 Å². The summed E-state index contributed by atoms with van der Waals surface area (Å²) in [6.07, 6.45) is 3.82. The van der Waals surface area contributed by atoms with Crippen LogP contribution in [0.25, 0.3) is 11.5 Å². The summed E-state index contributed by atoms with van der Waals surface area (Å²) in [6.45, 7) is 2.84. The molecule has 0 aliphatic rings. The first-order valence-corrected chi connectivity index (χ1v) is 9.34. The molecule has 0 aliphatic carbocycles. The Morgan fingerprint density at radius 2 is 1.81 bits per heavy atom. The van der Waals surface area contributed by atoms with Crippen molar-refractivity contribution >= 4 is 11.8 Å². The number of imidazole rings is 1. The molecule has 0 amide bonds. The van der Waals surface area contributed by atoms with E-state index in [0.29, 0.717) is 16.9 Å². The molecule has 5 nitrogen and oxygen atoms in total. The van der Waals surface area contributed by atoms with Crippen LogP contribution in [0.5, 0.6) is 0 Å². The highest BCUT2D eigenvalue weighted by Crippen LogP contribution is 2.27. The van der Waals surface area contributed by atoms with Crippen LogP contribution in [0.4, 0.5) is 0 Å². The Morgan fingerprint density at radius 3 is 2.65 bits per heavy atom. The van der Waals surface area contributed by atoms with E-state index in [-0.39, 0.29) is 0 Å². The average Bonchev–Trinajstić information content (AvgIpc) is 3.31. The van der Waals surface area contributed by atoms with Crippen molar-refractivity contribution in [2.75, 3.05) is 0 Å². The lowest BCUT2D eigenvalue weighted by atomic mass is 10.1. The molecule has 0 saturated carbocycles. The van der Waals surface area contributed by atoms with Crippen molar-refractivity contribution in [1.29, 1.82) is 0 Å². The molecule has 0 radical (unpaired) electrons. The molecule has 0 unspecified atom stereocenters. The second-order valence-corrected chi connectivity index (χ2v) is 6.86. The second-order valence-electron chi connectivity index (χ2n) is 5.93. The van der Waals surface area contributed by atoms with Crippen molar-refractivity contribution in [3.63, 3.8) is 0 Å². The molecular weight excluding hydrogens is 344 g/mol. The van der Waals surface area contributed by atoms with Gasteiger partial charge in [-0.25, -0.2) is 4.98 Å². The summed E-state index contributed by atoms with van der Waals surface area (Å²) in [5.41, 5.74) is 3.33. The monoisotopic (exact) mass is 362 g/mol. The van der Waals surface area contributed by atoms with E-state index < -0.39 is 0 Å². The minimum Gasteiger partial charge on any atom is -0.411 e. The van der Waals surface area contributed by atoms with Gasteiger partial charge in [0, 0.05) is 24.5 Å². The molecule has 0 saturated heterocycles. The van der Waals surface area contributed by atoms with Gasteiger partial charge >= 0.3 is 0 Å². The average molecular weight is 362 g/mol. The Bertz CT molecular complexity index is 994. The molecule has 0 atom stereocenters. The quantitative estimate of drug-likeness (QED) is 0.470. The van der Waals surface area contributed by atoms with Crippen LogP contribution < -0.4 is 0 Å². The zero-order valence-corrected chi connectivity index (χ0v) is 15.2. The van der Waals surface area contributed by atoms with E-state index in [2.05, 4.69) is 31.9 Å². The maximum absolute atomic E-state index is 5.81. The van der Waals surface area contributed by atoms with E-state index in [4.69, 9.17) is 4.42 Å². The molecule has 2 aromatic carbocycles. The largest absolute Gasteiger partial charge is 0.411 e. The number of thioether (sulfide) groups is 1. The minimum absolute atomic E-state index is 0.553. The zero-order chi connectivity index (χ0) is 17.8. The molecular formula is C20H18N4OS. The van der Waals surface area contributed by atoms with Crippen LogP contribution in [0.2, 0.25) is 0 Å². The van der Waals surface area contributed by atoms with Crippen molar-refractivity contribution in [3.8, 4) is 11.5 Å². The molecule has 2 aromatic heterocycles. The summed E-state index contributed by atoms with van der Waals surface area (Å²) in [7, 11) is 0. The number of aryl methyl sites for hydroxylation is 1. The Morgan fingerprint density at radius 1 is 1.00 bits per heavy atom. The molecule has 4 rings (SSSR count). The molecule has 130 valence electrons. The highest BCUT2D eigenvalue weighted by atomic mass is 32.2. The highest BCUT2D eigenvalue weighted by Gasteiger charge is 2.12. The van der Waals surface area contributed by atoms with Gasteiger partial charge in [0.05, 0.1) is 5.75 Å². The Kier molecular flexibility index (Phi) is 4.84. The van der Waals surface area contributed by atoms with E-state index >= 15 is 0 Å². The molecule has 2 heterocycles. The third kappa shape index (κ3) is 3.70. The Balaban J connectivity index is 1.44. The maximum atomic E-state index is 5.81. The highest BCUT2D eigenvalue weighted by molar-refractivity contribution is 7.98. The summed E-state index contributed by atoms with van der Waals surface area (Å²) in [4.78, 5) is 4.46. The molecule has 0 N–H and O–H groups in total. The van der Waals surface area contributed by atoms with Gasteiger partial charge in [-0.15, -0.1) is 10.2 Å². The van der Waals surface area contributed by atoms with Gasteiger partial charge in [0.2, 0.25) is 5.89 Å². The van der Waals surface area contributed by atoms with Crippen LogP contribution in [-0.4, -0.2) is 19.7 Å². The van der Waals surface area contributed by atoms with E-state index in [1.165, 1.54) is 17.3 Å². The number of aromatic nitrogens is 4. The SMILES string of the molecule is Cc1ccccc1-c1nnc(SCc2nccn2Cc2ccccc2)o1. The molecule has 6 heteroatoms. The van der Waals surface area contributed by atoms with Crippen molar-refractivity contribution in [2.24, 2.45) is 0 Å². The third-order valence-electron chi connectivity index (χ3n) is 4.10. The van der Waals surface area contributed by atoms with Crippen molar-refractivity contribution in [3.05, 3.63) is 83.9 Å². The van der Waals surface area contributed by atoms with Crippen molar-refractivity contribution < 1.29 is 4.42 Å². The summed E-state index contributed by atoms with van der Waals surface area (Å²) >= 11 is 1.50. The predicted molar refractivity (Wildman–Crippen MR) is 102 cm³/mol. The predicted octanol–water partition coefficient (Wildman–Crippen LogP) is 4.58. The first-order valence-electron chi connectivity index (χ1n) is 8.36. The second kappa shape index (κ2) is 7.58. The molecule has 0 fully saturated rings. The van der Waals surface area contributed by atoms with Crippen molar-refractivity contribution in [2.45, 2.75) is 24.4 Å². The fourth-order valence-corrected chi connectivity index (χ4v) is 3.45.